The van der Waals surface area contributed by atoms with Crippen molar-refractivity contribution in [3.8, 4) is 5.75 Å². The van der Waals surface area contributed by atoms with Crippen molar-refractivity contribution in [1.82, 2.24) is 10.3 Å². The van der Waals surface area contributed by atoms with Crippen LogP contribution in [0.4, 0.5) is 0 Å². The van der Waals surface area contributed by atoms with Gasteiger partial charge in [0.25, 0.3) is 0 Å². The van der Waals surface area contributed by atoms with Gasteiger partial charge in [0.1, 0.15) is 18.5 Å². The molecule has 0 spiro atoms. The van der Waals surface area contributed by atoms with Gasteiger partial charge in [-0.25, -0.2) is 0 Å². The number of hydrogen-bond acceptors (Lipinski definition) is 3. The number of aryl methyl sites for hydroxylation is 1. The molecule has 1 aromatic heterocycles. The van der Waals surface area contributed by atoms with Crippen molar-refractivity contribution in [1.29, 1.82) is 0 Å². The molecule has 0 radical (unpaired) electrons. The Morgan fingerprint density at radius 3 is 2.89 bits per heavy atom. The maximum atomic E-state index is 9.86. The van der Waals surface area contributed by atoms with Crippen molar-refractivity contribution < 1.29 is 9.84 Å². The van der Waals surface area contributed by atoms with E-state index in [4.69, 9.17) is 4.74 Å². The lowest BCUT2D eigenvalue weighted by atomic mass is 10.1. The third-order valence-corrected chi connectivity index (χ3v) is 2.97. The highest BCUT2D eigenvalue weighted by molar-refractivity contribution is 5.86. The molecule has 0 bridgehead atoms. The summed E-state index contributed by atoms with van der Waals surface area (Å²) in [5.74, 6) is 0.819. The fourth-order valence-electron chi connectivity index (χ4n) is 2.01. The number of H-pyrrole nitrogens is 1. The minimum Gasteiger partial charge on any atom is -0.490 e. The number of aliphatic hydroxyl groups excluding tert-OH is 1. The van der Waals surface area contributed by atoms with Gasteiger partial charge in [0.05, 0.1) is 0 Å². The average Bonchev–Trinajstić information content (AvgIpc) is 2.81. The highest BCUT2D eigenvalue weighted by Gasteiger charge is 2.09. The van der Waals surface area contributed by atoms with Crippen LogP contribution in [0.2, 0.25) is 0 Å². The lowest BCUT2D eigenvalue weighted by Crippen LogP contribution is -2.35. The molecule has 104 valence electrons. The summed E-state index contributed by atoms with van der Waals surface area (Å²) in [6.45, 7) is 6.97. The molecule has 0 fully saturated rings. The molecule has 1 heterocycles. The van der Waals surface area contributed by atoms with Crippen molar-refractivity contribution in [2.24, 2.45) is 0 Å². The van der Waals surface area contributed by atoms with Gasteiger partial charge in [-0.15, -0.1) is 0 Å². The molecule has 1 aromatic carbocycles. The Balaban J connectivity index is 1.99. The van der Waals surface area contributed by atoms with Crippen LogP contribution in [0, 0.1) is 6.92 Å². The van der Waals surface area contributed by atoms with Gasteiger partial charge in [0.2, 0.25) is 0 Å². The smallest absolute Gasteiger partial charge is 0.129 e. The summed E-state index contributed by atoms with van der Waals surface area (Å²) in [7, 11) is 0. The summed E-state index contributed by atoms with van der Waals surface area (Å²) in [5, 5.41) is 14.1. The summed E-state index contributed by atoms with van der Waals surface area (Å²) in [6.07, 6.45) is 1.39. The first-order valence-corrected chi connectivity index (χ1v) is 6.68. The molecule has 0 aliphatic heterocycles. The van der Waals surface area contributed by atoms with Crippen LogP contribution in [-0.2, 0) is 0 Å². The molecule has 0 saturated carbocycles. The SMILES string of the molecule is Cc1cc(OCC(O)CNC(C)C)c2cc[nH]c2c1. The zero-order valence-corrected chi connectivity index (χ0v) is 11.7. The summed E-state index contributed by atoms with van der Waals surface area (Å²) >= 11 is 0. The van der Waals surface area contributed by atoms with Crippen molar-refractivity contribution in [3.63, 3.8) is 0 Å². The second-order valence-electron chi connectivity index (χ2n) is 5.23. The minimum absolute atomic E-state index is 0.295. The van der Waals surface area contributed by atoms with E-state index in [0.29, 0.717) is 19.2 Å². The molecular weight excluding hydrogens is 240 g/mol. The fraction of sp³-hybridized carbons (Fsp3) is 0.467. The number of benzene rings is 1. The summed E-state index contributed by atoms with van der Waals surface area (Å²) < 4.78 is 5.74. The molecule has 2 aromatic rings. The fourth-order valence-corrected chi connectivity index (χ4v) is 2.01. The van der Waals surface area contributed by atoms with E-state index in [2.05, 4.69) is 30.2 Å². The Bertz CT molecular complexity index is 534. The molecule has 0 aliphatic rings. The summed E-state index contributed by atoms with van der Waals surface area (Å²) in [6, 6.07) is 6.44. The van der Waals surface area contributed by atoms with Crippen LogP contribution in [0.3, 0.4) is 0 Å². The van der Waals surface area contributed by atoms with E-state index in [1.54, 1.807) is 0 Å². The number of rotatable bonds is 6. The number of hydrogen-bond donors (Lipinski definition) is 3. The number of nitrogens with one attached hydrogen (secondary N) is 2. The first-order valence-electron chi connectivity index (χ1n) is 6.68. The second-order valence-corrected chi connectivity index (χ2v) is 5.23. The zero-order chi connectivity index (χ0) is 13.8. The van der Waals surface area contributed by atoms with E-state index in [1.807, 2.05) is 25.3 Å². The molecule has 0 aliphatic carbocycles. The van der Waals surface area contributed by atoms with Gasteiger partial charge in [-0.3, -0.25) is 0 Å². The van der Waals surface area contributed by atoms with Crippen LogP contribution < -0.4 is 10.1 Å². The minimum atomic E-state index is -0.503. The Morgan fingerprint density at radius 2 is 2.16 bits per heavy atom. The topological polar surface area (TPSA) is 57.3 Å². The maximum absolute atomic E-state index is 9.86. The van der Waals surface area contributed by atoms with Crippen molar-refractivity contribution in [3.05, 3.63) is 30.0 Å². The highest BCUT2D eigenvalue weighted by atomic mass is 16.5. The van der Waals surface area contributed by atoms with Crippen LogP contribution >= 0.6 is 0 Å². The third-order valence-electron chi connectivity index (χ3n) is 2.97. The van der Waals surface area contributed by atoms with Crippen LogP contribution in [-0.4, -0.2) is 35.4 Å². The van der Waals surface area contributed by atoms with Gasteiger partial charge in [0, 0.05) is 29.7 Å². The maximum Gasteiger partial charge on any atom is 0.129 e. The van der Waals surface area contributed by atoms with Crippen molar-refractivity contribution in [2.45, 2.75) is 32.9 Å². The van der Waals surface area contributed by atoms with Gasteiger partial charge in [-0.05, 0) is 30.7 Å². The van der Waals surface area contributed by atoms with E-state index in [1.165, 1.54) is 0 Å². The Hall–Kier alpha value is -1.52. The van der Waals surface area contributed by atoms with Crippen LogP contribution in [0.15, 0.2) is 24.4 Å². The molecule has 1 atom stereocenters. The molecule has 2 rings (SSSR count). The summed E-state index contributed by atoms with van der Waals surface area (Å²) in [4.78, 5) is 3.17. The molecule has 19 heavy (non-hydrogen) atoms. The van der Waals surface area contributed by atoms with Gasteiger partial charge in [-0.2, -0.15) is 0 Å². The third kappa shape index (κ3) is 3.72. The highest BCUT2D eigenvalue weighted by Crippen LogP contribution is 2.26. The van der Waals surface area contributed by atoms with Gasteiger partial charge >= 0.3 is 0 Å². The standard InChI is InChI=1S/C15H22N2O2/c1-10(2)17-8-12(18)9-19-15-7-11(3)6-14-13(15)4-5-16-14/h4-7,10,12,16-18H,8-9H2,1-3H3. The first kappa shape index (κ1) is 13.9. The molecule has 0 saturated heterocycles. The van der Waals surface area contributed by atoms with Crippen LogP contribution in [0.1, 0.15) is 19.4 Å². The lowest BCUT2D eigenvalue weighted by molar-refractivity contribution is 0.105. The summed E-state index contributed by atoms with van der Waals surface area (Å²) in [5.41, 5.74) is 2.20. The molecular formula is C15H22N2O2. The van der Waals surface area contributed by atoms with E-state index in [9.17, 15) is 5.11 Å². The van der Waals surface area contributed by atoms with Crippen molar-refractivity contribution in [2.75, 3.05) is 13.2 Å². The van der Waals surface area contributed by atoms with E-state index < -0.39 is 6.10 Å². The molecule has 4 heteroatoms. The van der Waals surface area contributed by atoms with Gasteiger partial charge in [0.15, 0.2) is 0 Å². The quantitative estimate of drug-likeness (QED) is 0.748. The predicted molar refractivity (Wildman–Crippen MR) is 77.7 cm³/mol. The number of ether oxygens (including phenoxy) is 1. The molecule has 1 unspecified atom stereocenters. The largest absolute Gasteiger partial charge is 0.490 e. The number of fused-ring (bicyclic) bond motifs is 1. The number of aromatic nitrogens is 1. The number of aromatic amines is 1. The first-order chi connectivity index (χ1) is 9.06. The predicted octanol–water partition coefficient (Wildman–Crippen LogP) is 2.21. The molecule has 0 amide bonds. The second kappa shape index (κ2) is 6.08. The van der Waals surface area contributed by atoms with Crippen molar-refractivity contribution >= 4 is 10.9 Å². The molecule has 4 nitrogen and oxygen atoms in total. The van der Waals surface area contributed by atoms with Gasteiger partial charge in [-0.1, -0.05) is 13.8 Å². The Kier molecular flexibility index (Phi) is 4.45. The normalized spacial score (nSPS) is 13.1. The number of aliphatic hydroxyl groups is 1. The van der Waals surface area contributed by atoms with Crippen LogP contribution in [0.5, 0.6) is 5.75 Å². The average molecular weight is 262 g/mol. The van der Waals surface area contributed by atoms with E-state index in [-0.39, 0.29) is 0 Å². The molecule has 3 N–H and O–H groups in total. The lowest BCUT2D eigenvalue weighted by Gasteiger charge is -2.15. The van der Waals surface area contributed by atoms with E-state index in [0.717, 1.165) is 22.2 Å². The van der Waals surface area contributed by atoms with Gasteiger partial charge < -0.3 is 20.1 Å². The Morgan fingerprint density at radius 1 is 1.37 bits per heavy atom. The Labute approximate surface area is 113 Å². The van der Waals surface area contributed by atoms with Crippen LogP contribution in [0.25, 0.3) is 10.9 Å². The van der Waals surface area contributed by atoms with E-state index >= 15 is 0 Å². The zero-order valence-electron chi connectivity index (χ0n) is 11.7. The monoisotopic (exact) mass is 262 g/mol.